The molecule has 0 bridgehead atoms. The summed E-state index contributed by atoms with van der Waals surface area (Å²) in [6, 6.07) is 10.7. The number of nitrogens with zero attached hydrogens (tertiary/aromatic N) is 3. The minimum absolute atomic E-state index is 0.847. The van der Waals surface area contributed by atoms with Gasteiger partial charge in [0.05, 0.1) is 18.9 Å². The molecule has 1 aliphatic carbocycles. The van der Waals surface area contributed by atoms with Crippen LogP contribution in [0, 0.1) is 5.92 Å². The average molecular weight is 386 g/mol. The van der Waals surface area contributed by atoms with Gasteiger partial charge in [-0.25, -0.2) is 4.98 Å². The number of aromatic nitrogens is 1. The standard InChI is InChI=1S/C22H31N3OS/c1-24(11-12-25-13-15-26-16-14-25)22-23-21(19-9-3-2-4-10-19)20(27-22)17-18-7-5-6-8-18/h2-4,9-10,18H,5-8,11-17H2,1H3. The molecule has 1 saturated heterocycles. The highest BCUT2D eigenvalue weighted by Crippen LogP contribution is 2.37. The topological polar surface area (TPSA) is 28.6 Å². The van der Waals surface area contributed by atoms with E-state index in [1.54, 1.807) is 0 Å². The molecule has 0 radical (unpaired) electrons. The third-order valence-electron chi connectivity index (χ3n) is 5.86. The molecule has 2 fully saturated rings. The second-order valence-corrected chi connectivity index (χ2v) is 8.93. The van der Waals surface area contributed by atoms with Gasteiger partial charge in [-0.1, -0.05) is 56.0 Å². The molecule has 5 heteroatoms. The molecule has 1 aromatic heterocycles. The van der Waals surface area contributed by atoms with Gasteiger partial charge < -0.3 is 9.64 Å². The highest BCUT2D eigenvalue weighted by atomic mass is 32.1. The van der Waals surface area contributed by atoms with Crippen LogP contribution in [0.3, 0.4) is 0 Å². The van der Waals surface area contributed by atoms with Crippen molar-refractivity contribution in [1.82, 2.24) is 9.88 Å². The Morgan fingerprint density at radius 2 is 1.89 bits per heavy atom. The summed E-state index contributed by atoms with van der Waals surface area (Å²) < 4.78 is 5.46. The summed E-state index contributed by atoms with van der Waals surface area (Å²) in [5.74, 6) is 0.847. The molecular formula is C22H31N3OS. The number of ether oxygens (including phenoxy) is 1. The SMILES string of the molecule is CN(CCN1CCOCC1)c1nc(-c2ccccc2)c(CC2CCCC2)s1. The molecule has 1 aliphatic heterocycles. The first-order valence-electron chi connectivity index (χ1n) is 10.4. The lowest BCUT2D eigenvalue weighted by molar-refractivity contribution is 0.0393. The lowest BCUT2D eigenvalue weighted by Gasteiger charge is -2.28. The Bertz CT molecular complexity index is 706. The first-order valence-corrected chi connectivity index (χ1v) is 11.2. The van der Waals surface area contributed by atoms with E-state index >= 15 is 0 Å². The molecule has 146 valence electrons. The van der Waals surface area contributed by atoms with Gasteiger partial charge in [-0.05, 0) is 12.3 Å². The largest absolute Gasteiger partial charge is 0.379 e. The molecule has 2 aromatic rings. The van der Waals surface area contributed by atoms with Gasteiger partial charge in [0.15, 0.2) is 5.13 Å². The van der Waals surface area contributed by atoms with Crippen LogP contribution in [0.15, 0.2) is 30.3 Å². The van der Waals surface area contributed by atoms with Crippen LogP contribution in [0.25, 0.3) is 11.3 Å². The summed E-state index contributed by atoms with van der Waals surface area (Å²) in [7, 11) is 2.19. The zero-order chi connectivity index (χ0) is 18.5. The number of thiazole rings is 1. The Morgan fingerprint density at radius 3 is 2.63 bits per heavy atom. The van der Waals surface area contributed by atoms with Crippen LogP contribution in [-0.2, 0) is 11.2 Å². The van der Waals surface area contributed by atoms with Gasteiger partial charge in [-0.3, -0.25) is 4.90 Å². The molecule has 0 atom stereocenters. The van der Waals surface area contributed by atoms with E-state index in [1.807, 2.05) is 11.3 Å². The van der Waals surface area contributed by atoms with Crippen LogP contribution < -0.4 is 4.90 Å². The summed E-state index contributed by atoms with van der Waals surface area (Å²) in [6.07, 6.45) is 6.76. The molecule has 1 aromatic carbocycles. The molecular weight excluding hydrogens is 354 g/mol. The zero-order valence-electron chi connectivity index (χ0n) is 16.4. The lowest BCUT2D eigenvalue weighted by Crippen LogP contribution is -2.40. The van der Waals surface area contributed by atoms with Gasteiger partial charge in [0.25, 0.3) is 0 Å². The Hall–Kier alpha value is -1.43. The Morgan fingerprint density at radius 1 is 1.15 bits per heavy atom. The van der Waals surface area contributed by atoms with E-state index in [-0.39, 0.29) is 0 Å². The zero-order valence-corrected chi connectivity index (χ0v) is 17.2. The fraction of sp³-hybridized carbons (Fsp3) is 0.591. The van der Waals surface area contributed by atoms with Crippen molar-refractivity contribution in [3.05, 3.63) is 35.2 Å². The number of hydrogen-bond acceptors (Lipinski definition) is 5. The second kappa shape index (κ2) is 9.18. The average Bonchev–Trinajstić information content (AvgIpc) is 3.38. The Balaban J connectivity index is 1.48. The smallest absolute Gasteiger partial charge is 0.185 e. The maximum Gasteiger partial charge on any atom is 0.185 e. The molecule has 1 saturated carbocycles. The van der Waals surface area contributed by atoms with E-state index in [4.69, 9.17) is 9.72 Å². The summed E-state index contributed by atoms with van der Waals surface area (Å²) in [5.41, 5.74) is 2.47. The summed E-state index contributed by atoms with van der Waals surface area (Å²) in [6.45, 7) is 5.93. The monoisotopic (exact) mass is 385 g/mol. The quantitative estimate of drug-likeness (QED) is 0.710. The van der Waals surface area contributed by atoms with Crippen molar-refractivity contribution in [3.8, 4) is 11.3 Å². The number of hydrogen-bond donors (Lipinski definition) is 0. The van der Waals surface area contributed by atoms with E-state index in [2.05, 4.69) is 47.2 Å². The van der Waals surface area contributed by atoms with Crippen LogP contribution in [0.1, 0.15) is 30.6 Å². The minimum atomic E-state index is 0.847. The van der Waals surface area contributed by atoms with E-state index in [0.29, 0.717) is 0 Å². The molecule has 2 heterocycles. The normalized spacial score (nSPS) is 18.9. The highest BCUT2D eigenvalue weighted by molar-refractivity contribution is 7.16. The summed E-state index contributed by atoms with van der Waals surface area (Å²) in [4.78, 5) is 11.4. The first-order chi connectivity index (χ1) is 13.3. The summed E-state index contributed by atoms with van der Waals surface area (Å²) >= 11 is 1.91. The molecule has 0 amide bonds. The van der Waals surface area contributed by atoms with Crippen molar-refractivity contribution in [2.45, 2.75) is 32.1 Å². The van der Waals surface area contributed by atoms with Gasteiger partial charge in [-0.15, -0.1) is 11.3 Å². The predicted octanol–water partition coefficient (Wildman–Crippen LogP) is 4.31. The van der Waals surface area contributed by atoms with E-state index in [1.165, 1.54) is 48.2 Å². The Kier molecular flexibility index (Phi) is 6.43. The van der Waals surface area contributed by atoms with Crippen LogP contribution in [0.5, 0.6) is 0 Å². The first kappa shape index (κ1) is 18.9. The van der Waals surface area contributed by atoms with Gasteiger partial charge in [0, 0.05) is 43.7 Å². The maximum absolute atomic E-state index is 5.46. The van der Waals surface area contributed by atoms with E-state index in [0.717, 1.165) is 50.4 Å². The predicted molar refractivity (Wildman–Crippen MR) is 114 cm³/mol. The van der Waals surface area contributed by atoms with Crippen molar-refractivity contribution < 1.29 is 4.74 Å². The number of rotatable bonds is 7. The van der Waals surface area contributed by atoms with Gasteiger partial charge in [0.2, 0.25) is 0 Å². The molecule has 0 spiro atoms. The van der Waals surface area contributed by atoms with Crippen LogP contribution in [0.2, 0.25) is 0 Å². The molecule has 4 rings (SSSR count). The summed E-state index contributed by atoms with van der Waals surface area (Å²) in [5, 5.41) is 1.16. The third kappa shape index (κ3) is 4.89. The lowest BCUT2D eigenvalue weighted by atomic mass is 10.0. The van der Waals surface area contributed by atoms with Gasteiger partial charge in [0.1, 0.15) is 0 Å². The van der Waals surface area contributed by atoms with Crippen molar-refractivity contribution in [2.75, 3.05) is 51.3 Å². The van der Waals surface area contributed by atoms with Crippen molar-refractivity contribution in [1.29, 1.82) is 0 Å². The Labute approximate surface area is 167 Å². The van der Waals surface area contributed by atoms with Crippen LogP contribution in [-0.4, -0.2) is 56.3 Å². The number of morpholine rings is 1. The number of benzene rings is 1. The van der Waals surface area contributed by atoms with Crippen LogP contribution in [0.4, 0.5) is 5.13 Å². The number of likely N-dealkylation sites (N-methyl/N-ethyl adjacent to an activating group) is 1. The fourth-order valence-corrected chi connectivity index (χ4v) is 5.33. The van der Waals surface area contributed by atoms with Crippen LogP contribution >= 0.6 is 11.3 Å². The molecule has 2 aliphatic rings. The molecule has 0 N–H and O–H groups in total. The third-order valence-corrected chi connectivity index (χ3v) is 7.06. The van der Waals surface area contributed by atoms with E-state index < -0.39 is 0 Å². The van der Waals surface area contributed by atoms with Crippen molar-refractivity contribution in [3.63, 3.8) is 0 Å². The van der Waals surface area contributed by atoms with E-state index in [9.17, 15) is 0 Å². The van der Waals surface area contributed by atoms with Gasteiger partial charge in [-0.2, -0.15) is 0 Å². The fourth-order valence-electron chi connectivity index (χ4n) is 4.15. The number of anilines is 1. The molecule has 4 nitrogen and oxygen atoms in total. The minimum Gasteiger partial charge on any atom is -0.379 e. The van der Waals surface area contributed by atoms with Crippen molar-refractivity contribution >= 4 is 16.5 Å². The maximum atomic E-state index is 5.46. The van der Waals surface area contributed by atoms with Gasteiger partial charge >= 0.3 is 0 Å². The van der Waals surface area contributed by atoms with Crippen molar-refractivity contribution in [2.24, 2.45) is 5.92 Å². The second-order valence-electron chi connectivity index (χ2n) is 7.86. The highest BCUT2D eigenvalue weighted by Gasteiger charge is 2.22. The molecule has 27 heavy (non-hydrogen) atoms. The molecule has 0 unspecified atom stereocenters.